The van der Waals surface area contributed by atoms with Crippen LogP contribution in [0, 0.1) is 21.3 Å². The zero-order chi connectivity index (χ0) is 26.3. The van der Waals surface area contributed by atoms with Crippen LogP contribution in [0.3, 0.4) is 0 Å². The predicted molar refractivity (Wildman–Crippen MR) is 132 cm³/mol. The van der Waals surface area contributed by atoms with E-state index in [1.807, 2.05) is 13.8 Å². The van der Waals surface area contributed by atoms with Crippen molar-refractivity contribution in [2.24, 2.45) is 5.41 Å². The fourth-order valence-corrected chi connectivity index (χ4v) is 5.07. The number of carbonyl (C=O) groups excluding carboxylic acids is 2. The maximum absolute atomic E-state index is 13.2. The molecule has 0 radical (unpaired) electrons. The molecule has 0 spiro atoms. The highest BCUT2D eigenvalue weighted by atomic mass is 19.1. The molecule has 3 aromatic rings. The van der Waals surface area contributed by atoms with Gasteiger partial charge in [0.05, 0.1) is 16.2 Å². The first kappa shape index (κ1) is 24.8. The molecule has 9 nitrogen and oxygen atoms in total. The second-order valence-electron chi connectivity index (χ2n) is 10.3. The lowest BCUT2D eigenvalue weighted by Crippen LogP contribution is -2.28. The Hall–Kier alpha value is -3.92. The van der Waals surface area contributed by atoms with E-state index in [1.54, 1.807) is 12.1 Å². The van der Waals surface area contributed by atoms with Gasteiger partial charge in [0, 0.05) is 31.2 Å². The Balaban J connectivity index is 1.52. The number of halogens is 1. The number of fused-ring (bicyclic) bond motifs is 1. The predicted octanol–water partition coefficient (Wildman–Crippen LogP) is 4.86. The van der Waals surface area contributed by atoms with Gasteiger partial charge in [0.2, 0.25) is 0 Å². The summed E-state index contributed by atoms with van der Waals surface area (Å²) in [5, 5.41) is 19.5. The lowest BCUT2D eigenvalue weighted by atomic mass is 9.75. The van der Waals surface area contributed by atoms with Crippen LogP contribution in [0.4, 0.5) is 10.1 Å². The highest BCUT2D eigenvalue weighted by Gasteiger charge is 2.40. The first-order valence-corrected chi connectivity index (χ1v) is 12.2. The van der Waals surface area contributed by atoms with Crippen LogP contribution in [0.15, 0.2) is 42.5 Å². The molecule has 5 rings (SSSR count). The number of hydrogen-bond acceptors (Lipinski definition) is 6. The number of rotatable bonds is 6. The lowest BCUT2D eigenvalue weighted by molar-refractivity contribution is -0.384. The second kappa shape index (κ2) is 9.51. The van der Waals surface area contributed by atoms with Crippen molar-refractivity contribution < 1.29 is 23.6 Å². The van der Waals surface area contributed by atoms with Gasteiger partial charge in [-0.2, -0.15) is 5.10 Å². The molecule has 1 amide bonds. The molecule has 1 N–H and O–H groups in total. The quantitative estimate of drug-likeness (QED) is 0.377. The van der Waals surface area contributed by atoms with Crippen LogP contribution in [0.2, 0.25) is 0 Å². The maximum Gasteiger partial charge on any atom is 0.295 e. The summed E-state index contributed by atoms with van der Waals surface area (Å²) in [4.78, 5) is 37.5. The number of aromatic nitrogens is 2. The summed E-state index contributed by atoms with van der Waals surface area (Å²) < 4.78 is 20.4. The molecule has 192 valence electrons. The molecular formula is C27H27FN4O5. The van der Waals surface area contributed by atoms with Gasteiger partial charge in [0.25, 0.3) is 11.6 Å². The summed E-state index contributed by atoms with van der Waals surface area (Å²) in [6.07, 6.45) is 2.14. The number of benzene rings is 2. The minimum atomic E-state index is -0.554. The number of amides is 1. The molecule has 1 aromatic heterocycles. The van der Waals surface area contributed by atoms with Crippen LogP contribution < -0.4 is 5.32 Å². The highest BCUT2D eigenvalue weighted by molar-refractivity contribution is 6.00. The summed E-state index contributed by atoms with van der Waals surface area (Å²) in [7, 11) is 0. The zero-order valence-corrected chi connectivity index (χ0v) is 20.6. The van der Waals surface area contributed by atoms with E-state index < -0.39 is 10.8 Å². The van der Waals surface area contributed by atoms with Gasteiger partial charge in [-0.05, 0) is 54.5 Å². The standard InChI is InChI=1S/C27H27FN4O5/c1-27(2)13-21-24(22(33)14-27)25(23-4-3-11-37-23)30-31(21)19-10-7-17(12-20(19)32(35)36)26(34)29-15-16-5-8-18(28)9-6-16/h5-10,12,23H,3-4,11,13-15H2,1-2H3,(H,29,34). The van der Waals surface area contributed by atoms with Gasteiger partial charge >= 0.3 is 0 Å². The van der Waals surface area contributed by atoms with Crippen molar-refractivity contribution in [3.8, 4) is 5.69 Å². The summed E-state index contributed by atoms with van der Waals surface area (Å²) in [6, 6.07) is 9.89. The van der Waals surface area contributed by atoms with Crippen LogP contribution in [-0.2, 0) is 17.7 Å². The number of nitrogens with one attached hydrogen (secondary N) is 1. The van der Waals surface area contributed by atoms with Crippen molar-refractivity contribution in [3.63, 3.8) is 0 Å². The van der Waals surface area contributed by atoms with Crippen molar-refractivity contribution >= 4 is 17.4 Å². The van der Waals surface area contributed by atoms with E-state index in [1.165, 1.54) is 35.0 Å². The number of nitro benzene ring substituents is 1. The molecule has 1 saturated heterocycles. The third kappa shape index (κ3) is 4.89. The van der Waals surface area contributed by atoms with E-state index in [0.29, 0.717) is 42.0 Å². The zero-order valence-electron chi connectivity index (χ0n) is 20.6. The van der Waals surface area contributed by atoms with Gasteiger partial charge in [-0.3, -0.25) is 19.7 Å². The lowest BCUT2D eigenvalue weighted by Gasteiger charge is -2.29. The monoisotopic (exact) mass is 506 g/mol. The Morgan fingerprint density at radius 1 is 1.24 bits per heavy atom. The minimum absolute atomic E-state index is 0.0394. The fraction of sp³-hybridized carbons (Fsp3) is 0.370. The van der Waals surface area contributed by atoms with Crippen LogP contribution in [0.25, 0.3) is 5.69 Å². The number of ketones is 1. The molecule has 1 aliphatic heterocycles. The fourth-order valence-electron chi connectivity index (χ4n) is 5.07. The number of nitro groups is 1. The molecule has 2 aromatic carbocycles. The average Bonchev–Trinajstić information content (AvgIpc) is 3.50. The van der Waals surface area contributed by atoms with Crippen molar-refractivity contribution in [2.75, 3.05) is 6.61 Å². The Morgan fingerprint density at radius 2 is 2.00 bits per heavy atom. The summed E-state index contributed by atoms with van der Waals surface area (Å²) in [6.45, 7) is 4.69. The third-order valence-corrected chi connectivity index (χ3v) is 6.84. The van der Waals surface area contributed by atoms with Crippen LogP contribution >= 0.6 is 0 Å². The Labute approximate surface area is 212 Å². The molecule has 1 unspecified atom stereocenters. The molecule has 1 aliphatic carbocycles. The molecule has 0 saturated carbocycles. The molecule has 0 bridgehead atoms. The topological polar surface area (TPSA) is 116 Å². The number of Topliss-reactive ketones (excluding diaryl/α,β-unsaturated/α-hetero) is 1. The molecule has 37 heavy (non-hydrogen) atoms. The van der Waals surface area contributed by atoms with Gasteiger partial charge in [-0.1, -0.05) is 26.0 Å². The Bertz CT molecular complexity index is 1390. The Morgan fingerprint density at radius 3 is 2.68 bits per heavy atom. The summed E-state index contributed by atoms with van der Waals surface area (Å²) in [5.74, 6) is -0.921. The minimum Gasteiger partial charge on any atom is -0.372 e. The third-order valence-electron chi connectivity index (χ3n) is 6.84. The molecule has 2 heterocycles. The second-order valence-corrected chi connectivity index (χ2v) is 10.3. The van der Waals surface area contributed by atoms with Gasteiger partial charge in [0.15, 0.2) is 5.78 Å². The van der Waals surface area contributed by atoms with Crippen LogP contribution in [0.1, 0.15) is 76.9 Å². The van der Waals surface area contributed by atoms with Gasteiger partial charge in [0.1, 0.15) is 23.3 Å². The van der Waals surface area contributed by atoms with Crippen molar-refractivity contribution in [2.45, 2.75) is 52.2 Å². The van der Waals surface area contributed by atoms with E-state index >= 15 is 0 Å². The smallest absolute Gasteiger partial charge is 0.295 e. The number of hydrogen-bond donors (Lipinski definition) is 1. The maximum atomic E-state index is 13.2. The molecule has 1 atom stereocenters. The summed E-state index contributed by atoms with van der Waals surface area (Å²) >= 11 is 0. The summed E-state index contributed by atoms with van der Waals surface area (Å²) in [5.41, 5.74) is 2.02. The van der Waals surface area contributed by atoms with E-state index in [0.717, 1.165) is 12.8 Å². The average molecular weight is 507 g/mol. The van der Waals surface area contributed by atoms with E-state index in [9.17, 15) is 24.1 Å². The van der Waals surface area contributed by atoms with Gasteiger partial charge < -0.3 is 10.1 Å². The first-order valence-electron chi connectivity index (χ1n) is 12.2. The van der Waals surface area contributed by atoms with Crippen molar-refractivity contribution in [1.82, 2.24) is 15.1 Å². The van der Waals surface area contributed by atoms with E-state index in [4.69, 9.17) is 9.84 Å². The molecular weight excluding hydrogens is 479 g/mol. The molecule has 10 heteroatoms. The largest absolute Gasteiger partial charge is 0.372 e. The number of ether oxygens (including phenoxy) is 1. The van der Waals surface area contributed by atoms with E-state index in [-0.39, 0.29) is 46.6 Å². The van der Waals surface area contributed by atoms with Gasteiger partial charge in [-0.25, -0.2) is 9.07 Å². The number of nitrogens with zero attached hydrogens (tertiary/aromatic N) is 3. The van der Waals surface area contributed by atoms with Gasteiger partial charge in [-0.15, -0.1) is 0 Å². The first-order chi connectivity index (χ1) is 17.6. The molecule has 2 aliphatic rings. The normalized spacial score (nSPS) is 18.5. The van der Waals surface area contributed by atoms with Crippen molar-refractivity contribution in [3.05, 3.63) is 86.5 Å². The number of carbonyl (C=O) groups is 2. The van der Waals surface area contributed by atoms with Crippen molar-refractivity contribution in [1.29, 1.82) is 0 Å². The SMILES string of the molecule is CC1(C)CC(=O)c2c(C3CCCO3)nn(-c3ccc(C(=O)NCc4ccc(F)cc4)cc3[N+](=O)[O-])c2C1. The Kier molecular flexibility index (Phi) is 6.36. The highest BCUT2D eigenvalue weighted by Crippen LogP contribution is 2.42. The van der Waals surface area contributed by atoms with E-state index in [2.05, 4.69) is 5.32 Å². The van der Waals surface area contributed by atoms with Crippen LogP contribution in [0.5, 0.6) is 0 Å². The molecule has 1 fully saturated rings. The van der Waals surface area contributed by atoms with Crippen LogP contribution in [-0.4, -0.2) is 33.0 Å².